The average molecular weight is 218 g/mol. The van der Waals surface area contributed by atoms with Crippen LogP contribution in [0.25, 0.3) is 0 Å². The van der Waals surface area contributed by atoms with Crippen LogP contribution in [0.3, 0.4) is 0 Å². The number of aromatic hydroxyl groups is 1. The molecule has 0 fully saturated rings. The predicted molar refractivity (Wildman–Crippen MR) is 60.4 cm³/mol. The molecule has 2 aromatic rings. The van der Waals surface area contributed by atoms with Gasteiger partial charge in [0.1, 0.15) is 23.9 Å². The summed E-state index contributed by atoms with van der Waals surface area (Å²) in [5.41, 5.74) is 0.979. The van der Waals surface area contributed by atoms with Gasteiger partial charge in [-0.15, -0.1) is 0 Å². The van der Waals surface area contributed by atoms with Gasteiger partial charge in [-0.1, -0.05) is 0 Å². The Morgan fingerprint density at radius 1 is 1.31 bits per heavy atom. The predicted octanol–water partition coefficient (Wildman–Crippen LogP) is 2.01. The van der Waals surface area contributed by atoms with Crippen LogP contribution < -0.4 is 4.74 Å². The fourth-order valence-electron chi connectivity index (χ4n) is 1.49. The number of aromatic nitrogens is 2. The summed E-state index contributed by atoms with van der Waals surface area (Å²) in [6.07, 6.45) is 1.95. The summed E-state index contributed by atoms with van der Waals surface area (Å²) >= 11 is 0. The zero-order valence-corrected chi connectivity index (χ0v) is 9.34. The number of ether oxygens (including phenoxy) is 1. The number of aryl methyl sites for hydroxylation is 2. The van der Waals surface area contributed by atoms with Crippen molar-refractivity contribution >= 4 is 0 Å². The number of imidazole rings is 1. The largest absolute Gasteiger partial charge is 0.508 e. The Morgan fingerprint density at radius 2 is 2.00 bits per heavy atom. The highest BCUT2D eigenvalue weighted by atomic mass is 16.5. The summed E-state index contributed by atoms with van der Waals surface area (Å²) in [7, 11) is 1.94. The number of hydrogen-bond donors (Lipinski definition) is 1. The summed E-state index contributed by atoms with van der Waals surface area (Å²) < 4.78 is 7.49. The number of rotatable bonds is 3. The van der Waals surface area contributed by atoms with Gasteiger partial charge in [-0.25, -0.2) is 4.98 Å². The highest BCUT2D eigenvalue weighted by molar-refractivity contribution is 5.30. The Hall–Kier alpha value is -1.97. The maximum Gasteiger partial charge on any atom is 0.146 e. The quantitative estimate of drug-likeness (QED) is 0.857. The highest BCUT2D eigenvalue weighted by Gasteiger charge is 2.03. The molecule has 0 atom stereocenters. The van der Waals surface area contributed by atoms with Crippen molar-refractivity contribution in [2.24, 2.45) is 7.05 Å². The molecule has 1 aromatic heterocycles. The van der Waals surface area contributed by atoms with Gasteiger partial charge >= 0.3 is 0 Å². The second-order valence-electron chi connectivity index (χ2n) is 3.69. The summed E-state index contributed by atoms with van der Waals surface area (Å²) in [6, 6.07) is 6.65. The second-order valence-corrected chi connectivity index (χ2v) is 3.69. The number of nitrogens with zero attached hydrogens (tertiary/aromatic N) is 2. The minimum Gasteiger partial charge on any atom is -0.508 e. The summed E-state index contributed by atoms with van der Waals surface area (Å²) in [4.78, 5) is 4.33. The Bertz CT molecular complexity index is 474. The molecule has 4 nitrogen and oxygen atoms in total. The van der Waals surface area contributed by atoms with Gasteiger partial charge in [0.25, 0.3) is 0 Å². The van der Waals surface area contributed by atoms with Crippen molar-refractivity contribution in [1.82, 2.24) is 9.55 Å². The number of benzene rings is 1. The van der Waals surface area contributed by atoms with Crippen LogP contribution in [0.1, 0.15) is 11.5 Å². The molecule has 0 saturated carbocycles. The first-order chi connectivity index (χ1) is 7.65. The third-order valence-corrected chi connectivity index (χ3v) is 2.30. The molecule has 16 heavy (non-hydrogen) atoms. The molecule has 0 spiro atoms. The molecule has 0 aliphatic heterocycles. The standard InChI is InChI=1S/C12H14N2O2/c1-9-7-14(2)12(13-9)8-16-11-5-3-10(15)4-6-11/h3-7,15H,8H2,1-2H3. The van der Waals surface area contributed by atoms with Crippen LogP contribution in [-0.2, 0) is 13.7 Å². The molecule has 1 N–H and O–H groups in total. The van der Waals surface area contributed by atoms with Crippen LogP contribution in [0.2, 0.25) is 0 Å². The summed E-state index contributed by atoms with van der Waals surface area (Å²) in [5, 5.41) is 9.12. The molecule has 0 radical (unpaired) electrons. The summed E-state index contributed by atoms with van der Waals surface area (Å²) in [6.45, 7) is 2.37. The molecule has 0 saturated heterocycles. The topological polar surface area (TPSA) is 47.3 Å². The van der Waals surface area contributed by atoms with Crippen LogP contribution in [0, 0.1) is 6.92 Å². The highest BCUT2D eigenvalue weighted by Crippen LogP contribution is 2.17. The van der Waals surface area contributed by atoms with E-state index in [9.17, 15) is 0 Å². The van der Waals surface area contributed by atoms with Gasteiger partial charge in [-0.2, -0.15) is 0 Å². The van der Waals surface area contributed by atoms with Gasteiger partial charge in [-0.3, -0.25) is 0 Å². The average Bonchev–Trinajstić information content (AvgIpc) is 2.57. The van der Waals surface area contributed by atoms with Crippen LogP contribution in [-0.4, -0.2) is 14.7 Å². The molecule has 1 aromatic carbocycles. The molecule has 0 bridgehead atoms. The minimum absolute atomic E-state index is 0.236. The fourth-order valence-corrected chi connectivity index (χ4v) is 1.49. The van der Waals surface area contributed by atoms with Crippen molar-refractivity contribution in [3.63, 3.8) is 0 Å². The lowest BCUT2D eigenvalue weighted by Crippen LogP contribution is -2.02. The zero-order chi connectivity index (χ0) is 11.5. The molecule has 0 aliphatic carbocycles. The molecule has 2 rings (SSSR count). The number of phenolic OH excluding ortho intramolecular Hbond substituents is 1. The zero-order valence-electron chi connectivity index (χ0n) is 9.34. The third kappa shape index (κ3) is 2.34. The van der Waals surface area contributed by atoms with Gasteiger partial charge in [0.2, 0.25) is 0 Å². The second kappa shape index (κ2) is 4.26. The van der Waals surface area contributed by atoms with Crippen molar-refractivity contribution < 1.29 is 9.84 Å². The maximum absolute atomic E-state index is 9.12. The fraction of sp³-hybridized carbons (Fsp3) is 0.250. The molecule has 0 aliphatic rings. The van der Waals surface area contributed by atoms with E-state index in [1.165, 1.54) is 0 Å². The molecule has 4 heteroatoms. The van der Waals surface area contributed by atoms with Crippen molar-refractivity contribution in [3.8, 4) is 11.5 Å². The first-order valence-corrected chi connectivity index (χ1v) is 5.06. The van der Waals surface area contributed by atoms with Gasteiger partial charge in [0.15, 0.2) is 0 Å². The molecular weight excluding hydrogens is 204 g/mol. The maximum atomic E-state index is 9.12. The lowest BCUT2D eigenvalue weighted by molar-refractivity contribution is 0.291. The SMILES string of the molecule is Cc1cn(C)c(COc2ccc(O)cc2)n1. The van der Waals surface area contributed by atoms with Crippen LogP contribution in [0.15, 0.2) is 30.5 Å². The lowest BCUT2D eigenvalue weighted by atomic mass is 10.3. The lowest BCUT2D eigenvalue weighted by Gasteiger charge is -2.05. The molecule has 1 heterocycles. The van der Waals surface area contributed by atoms with Crippen molar-refractivity contribution in [2.75, 3.05) is 0 Å². The van der Waals surface area contributed by atoms with Crippen LogP contribution >= 0.6 is 0 Å². The van der Waals surface area contributed by atoms with Crippen molar-refractivity contribution in [2.45, 2.75) is 13.5 Å². The van der Waals surface area contributed by atoms with E-state index in [0.717, 1.165) is 17.3 Å². The molecule has 0 amide bonds. The van der Waals surface area contributed by atoms with E-state index in [1.807, 2.05) is 24.7 Å². The Balaban J connectivity index is 2.02. The molecular formula is C12H14N2O2. The smallest absolute Gasteiger partial charge is 0.146 e. The van der Waals surface area contributed by atoms with Gasteiger partial charge in [0, 0.05) is 13.2 Å². The van der Waals surface area contributed by atoms with Gasteiger partial charge < -0.3 is 14.4 Å². The van der Waals surface area contributed by atoms with E-state index in [0.29, 0.717) is 6.61 Å². The van der Waals surface area contributed by atoms with E-state index >= 15 is 0 Å². The van der Waals surface area contributed by atoms with Crippen LogP contribution in [0.5, 0.6) is 11.5 Å². The minimum atomic E-state index is 0.236. The Morgan fingerprint density at radius 3 is 2.56 bits per heavy atom. The first kappa shape index (κ1) is 10.5. The van der Waals surface area contributed by atoms with Crippen molar-refractivity contribution in [3.05, 3.63) is 42.0 Å². The number of hydrogen-bond acceptors (Lipinski definition) is 3. The third-order valence-electron chi connectivity index (χ3n) is 2.30. The van der Waals surface area contributed by atoms with E-state index in [1.54, 1.807) is 24.3 Å². The molecule has 0 unspecified atom stereocenters. The van der Waals surface area contributed by atoms with Gasteiger partial charge in [0.05, 0.1) is 5.69 Å². The Kier molecular flexibility index (Phi) is 2.81. The normalized spacial score (nSPS) is 10.4. The number of phenols is 1. The van der Waals surface area contributed by atoms with E-state index in [4.69, 9.17) is 9.84 Å². The first-order valence-electron chi connectivity index (χ1n) is 5.06. The molecule has 84 valence electrons. The van der Waals surface area contributed by atoms with E-state index in [2.05, 4.69) is 4.98 Å². The van der Waals surface area contributed by atoms with Crippen molar-refractivity contribution in [1.29, 1.82) is 0 Å². The monoisotopic (exact) mass is 218 g/mol. The Labute approximate surface area is 94.1 Å². The van der Waals surface area contributed by atoms with Gasteiger partial charge in [-0.05, 0) is 31.2 Å². The summed E-state index contributed by atoms with van der Waals surface area (Å²) in [5.74, 6) is 1.84. The van der Waals surface area contributed by atoms with Crippen LogP contribution in [0.4, 0.5) is 0 Å². The van der Waals surface area contributed by atoms with E-state index in [-0.39, 0.29) is 5.75 Å². The van der Waals surface area contributed by atoms with E-state index < -0.39 is 0 Å².